The molecule has 0 aromatic carbocycles. The molecule has 32 heavy (non-hydrogen) atoms. The largest absolute Gasteiger partial charge is 0.454 e. The van der Waals surface area contributed by atoms with Gasteiger partial charge in [0.15, 0.2) is 16.4 Å². The molecule has 3 rings (SSSR count). The summed E-state index contributed by atoms with van der Waals surface area (Å²) in [7, 11) is -3.09. The van der Waals surface area contributed by atoms with Crippen LogP contribution in [0.4, 0.5) is 0 Å². The smallest absolute Gasteiger partial charge is 0.331 e. The monoisotopic (exact) mass is 479 g/mol. The first-order valence-electron chi connectivity index (χ1n) is 10.1. The van der Waals surface area contributed by atoms with E-state index in [4.69, 9.17) is 16.3 Å². The van der Waals surface area contributed by atoms with E-state index in [9.17, 15) is 18.0 Å². The molecule has 1 saturated heterocycles. The first-order chi connectivity index (χ1) is 15.0. The highest BCUT2D eigenvalue weighted by Gasteiger charge is 2.31. The highest BCUT2D eigenvalue weighted by molar-refractivity contribution is 7.91. The third-order valence-electron chi connectivity index (χ3n) is 5.54. The number of Topliss-reactive ketones (excluding diaryl/α,β-unsaturated/α-hetero) is 1. The van der Waals surface area contributed by atoms with Crippen molar-refractivity contribution in [1.29, 1.82) is 0 Å². The average Bonchev–Trinajstić information content (AvgIpc) is 3.33. The van der Waals surface area contributed by atoms with Gasteiger partial charge >= 0.3 is 5.97 Å². The summed E-state index contributed by atoms with van der Waals surface area (Å²) >= 11 is 6.39. The molecule has 0 amide bonds. The number of rotatable bonds is 8. The number of aryl methyl sites for hydroxylation is 2. The average molecular weight is 480 g/mol. The van der Waals surface area contributed by atoms with Gasteiger partial charge in [-0.25, -0.2) is 17.9 Å². The molecule has 0 radical (unpaired) electrons. The lowest BCUT2D eigenvalue weighted by Crippen LogP contribution is -2.13. The maximum Gasteiger partial charge on any atom is 0.331 e. The zero-order chi connectivity index (χ0) is 23.6. The highest BCUT2D eigenvalue weighted by atomic mass is 35.5. The van der Waals surface area contributed by atoms with Crippen molar-refractivity contribution < 1.29 is 22.7 Å². The number of hydrogen-bond acceptors (Lipinski definition) is 6. The minimum atomic E-state index is -3.09. The molecule has 1 fully saturated rings. The van der Waals surface area contributed by atoms with Crippen LogP contribution in [0.3, 0.4) is 0 Å². The van der Waals surface area contributed by atoms with Gasteiger partial charge in [-0.1, -0.05) is 17.7 Å². The Hall–Kier alpha value is -2.65. The van der Waals surface area contributed by atoms with Crippen LogP contribution in [0.5, 0.6) is 0 Å². The number of hydrogen-bond donors (Lipinski definition) is 0. The number of esters is 1. The quantitative estimate of drug-likeness (QED) is 0.249. The van der Waals surface area contributed by atoms with E-state index in [1.165, 1.54) is 16.8 Å². The van der Waals surface area contributed by atoms with E-state index in [1.807, 2.05) is 18.4 Å². The van der Waals surface area contributed by atoms with Gasteiger partial charge < -0.3 is 9.30 Å². The van der Waals surface area contributed by atoms with Gasteiger partial charge in [0.1, 0.15) is 5.15 Å². The molecule has 0 spiro atoms. The molecule has 8 nitrogen and oxygen atoms in total. The number of carbonyl (C=O) groups excluding carboxylic acids is 2. The molecular weight excluding hydrogens is 454 g/mol. The Bertz CT molecular complexity index is 1210. The van der Waals surface area contributed by atoms with E-state index < -0.39 is 15.8 Å². The minimum absolute atomic E-state index is 0.00539. The molecule has 2 aromatic heterocycles. The summed E-state index contributed by atoms with van der Waals surface area (Å²) in [4.78, 5) is 24.7. The number of carbonyl (C=O) groups is 2. The lowest BCUT2D eigenvalue weighted by atomic mass is 10.1. The molecule has 1 aliphatic rings. The van der Waals surface area contributed by atoms with Crippen LogP contribution in [0.1, 0.15) is 45.5 Å². The van der Waals surface area contributed by atoms with Gasteiger partial charge in [-0.3, -0.25) is 4.79 Å². The fourth-order valence-electron chi connectivity index (χ4n) is 3.84. The summed E-state index contributed by atoms with van der Waals surface area (Å²) in [5.41, 5.74) is 3.30. The van der Waals surface area contributed by atoms with Gasteiger partial charge in [-0.15, -0.1) is 6.58 Å². The van der Waals surface area contributed by atoms with Crippen molar-refractivity contribution in [3.05, 3.63) is 58.2 Å². The van der Waals surface area contributed by atoms with Crippen molar-refractivity contribution in [2.75, 3.05) is 18.1 Å². The Kier molecular flexibility index (Phi) is 7.09. The first kappa shape index (κ1) is 24.0. The fraction of sp³-hybridized carbons (Fsp3) is 0.409. The van der Waals surface area contributed by atoms with E-state index in [0.717, 1.165) is 11.4 Å². The third kappa shape index (κ3) is 5.05. The summed E-state index contributed by atoms with van der Waals surface area (Å²) in [5.74, 6) is -0.882. The Labute approximate surface area is 192 Å². The number of allylic oxidation sites excluding steroid dienone is 1. The molecule has 0 saturated carbocycles. The van der Waals surface area contributed by atoms with Crippen molar-refractivity contribution in [3.8, 4) is 0 Å². The van der Waals surface area contributed by atoms with Crippen molar-refractivity contribution in [2.24, 2.45) is 0 Å². The summed E-state index contributed by atoms with van der Waals surface area (Å²) in [6.45, 7) is 9.38. The molecule has 1 aliphatic heterocycles. The van der Waals surface area contributed by atoms with Crippen LogP contribution in [0, 0.1) is 20.8 Å². The second-order valence-corrected chi connectivity index (χ2v) is 10.4. The van der Waals surface area contributed by atoms with Gasteiger partial charge in [-0.05, 0) is 39.3 Å². The molecule has 0 aliphatic carbocycles. The Morgan fingerprint density at radius 2 is 2.06 bits per heavy atom. The lowest BCUT2D eigenvalue weighted by molar-refractivity contribution is -0.136. The highest BCUT2D eigenvalue weighted by Crippen LogP contribution is 2.30. The Morgan fingerprint density at radius 3 is 2.69 bits per heavy atom. The number of nitrogens with zero attached hydrogens (tertiary/aromatic N) is 3. The van der Waals surface area contributed by atoms with Gasteiger partial charge in [-0.2, -0.15) is 5.10 Å². The van der Waals surface area contributed by atoms with Crippen LogP contribution in [0.25, 0.3) is 6.08 Å². The Morgan fingerprint density at radius 1 is 1.34 bits per heavy atom. The van der Waals surface area contributed by atoms with Gasteiger partial charge in [0.25, 0.3) is 0 Å². The van der Waals surface area contributed by atoms with Crippen molar-refractivity contribution in [2.45, 2.75) is 39.8 Å². The number of ether oxygens (including phenoxy) is 1. The molecule has 3 heterocycles. The topological polar surface area (TPSA) is 100 Å². The predicted molar refractivity (Wildman–Crippen MR) is 123 cm³/mol. The molecule has 0 bridgehead atoms. The standard InChI is InChI=1S/C22H26ClN3O5S/c1-5-9-25-14(2)11-19(16(25)4)20(27)12-31-21(28)7-6-18-15(3)24-26(22(18)23)17-8-10-32(29,30)13-17/h5-7,11,17H,1,8-10,12-13H2,2-4H3/b7-6+. The van der Waals surface area contributed by atoms with Crippen LogP contribution >= 0.6 is 11.6 Å². The van der Waals surface area contributed by atoms with Gasteiger partial charge in [0.2, 0.25) is 5.78 Å². The maximum atomic E-state index is 12.5. The fourth-order valence-corrected chi connectivity index (χ4v) is 5.91. The van der Waals surface area contributed by atoms with E-state index in [0.29, 0.717) is 29.8 Å². The molecule has 172 valence electrons. The molecule has 1 atom stereocenters. The van der Waals surface area contributed by atoms with Gasteiger partial charge in [0, 0.05) is 35.1 Å². The van der Waals surface area contributed by atoms with Crippen LogP contribution in [0.2, 0.25) is 5.15 Å². The van der Waals surface area contributed by atoms with Crippen molar-refractivity contribution >= 4 is 39.3 Å². The van der Waals surface area contributed by atoms with Crippen molar-refractivity contribution in [3.63, 3.8) is 0 Å². The second-order valence-electron chi connectivity index (χ2n) is 7.84. The third-order valence-corrected chi connectivity index (χ3v) is 7.67. The van der Waals surface area contributed by atoms with Crippen LogP contribution in [0.15, 0.2) is 24.8 Å². The number of ketones is 1. The van der Waals surface area contributed by atoms with Crippen LogP contribution in [-0.2, 0) is 25.9 Å². The van der Waals surface area contributed by atoms with E-state index >= 15 is 0 Å². The lowest BCUT2D eigenvalue weighted by Gasteiger charge is -2.09. The number of sulfone groups is 1. The zero-order valence-electron chi connectivity index (χ0n) is 18.3. The predicted octanol–water partition coefficient (Wildman–Crippen LogP) is 3.25. The SMILES string of the molecule is C=CCn1c(C)cc(C(=O)COC(=O)/C=C/c2c(C)nn(C3CCS(=O)(=O)C3)c2Cl)c1C. The molecule has 10 heteroatoms. The maximum absolute atomic E-state index is 12.5. The van der Waals surface area contributed by atoms with E-state index in [1.54, 1.807) is 19.1 Å². The molecule has 2 aromatic rings. The number of aromatic nitrogens is 3. The summed E-state index contributed by atoms with van der Waals surface area (Å²) in [5, 5.41) is 4.60. The molecular formula is C22H26ClN3O5S. The van der Waals surface area contributed by atoms with Crippen LogP contribution in [-0.4, -0.2) is 52.6 Å². The normalized spacial score (nSPS) is 17.7. The number of halogens is 1. The first-order valence-corrected chi connectivity index (χ1v) is 12.3. The summed E-state index contributed by atoms with van der Waals surface area (Å²) in [6.07, 6.45) is 4.84. The van der Waals surface area contributed by atoms with E-state index in [2.05, 4.69) is 11.7 Å². The van der Waals surface area contributed by atoms with Crippen LogP contribution < -0.4 is 0 Å². The van der Waals surface area contributed by atoms with Crippen molar-refractivity contribution in [1.82, 2.24) is 14.3 Å². The molecule has 0 N–H and O–H groups in total. The summed E-state index contributed by atoms with van der Waals surface area (Å²) in [6, 6.07) is 1.45. The Balaban J connectivity index is 1.65. The minimum Gasteiger partial charge on any atom is -0.454 e. The van der Waals surface area contributed by atoms with Gasteiger partial charge in [0.05, 0.1) is 23.2 Å². The second kappa shape index (κ2) is 9.46. The van der Waals surface area contributed by atoms with E-state index in [-0.39, 0.29) is 35.1 Å². The molecule has 1 unspecified atom stereocenters. The summed E-state index contributed by atoms with van der Waals surface area (Å²) < 4.78 is 32.0. The zero-order valence-corrected chi connectivity index (χ0v) is 19.9.